The molecule has 3 rings (SSSR count). The van der Waals surface area contributed by atoms with E-state index < -0.39 is 0 Å². The van der Waals surface area contributed by atoms with E-state index in [2.05, 4.69) is 30.5 Å². The van der Waals surface area contributed by atoms with E-state index in [0.29, 0.717) is 0 Å². The predicted molar refractivity (Wildman–Crippen MR) is 77.4 cm³/mol. The summed E-state index contributed by atoms with van der Waals surface area (Å²) in [4.78, 5) is 12.1. The number of hydrogen-bond donors (Lipinski definition) is 2. The molecular formula is C16H16N2O. The Kier molecular flexibility index (Phi) is 2.75. The molecule has 96 valence electrons. The Balaban J connectivity index is 1.96. The molecule has 3 nitrogen and oxygen atoms in total. The molecule has 0 spiro atoms. The summed E-state index contributed by atoms with van der Waals surface area (Å²) in [6, 6.07) is 13.6. The minimum absolute atomic E-state index is 0.00195. The SMILES string of the molecule is Cc1cccc(NC2C(=O)Nc3ccccc32)c1C. The Morgan fingerprint density at radius 2 is 1.84 bits per heavy atom. The van der Waals surface area contributed by atoms with Crippen molar-refractivity contribution in [2.75, 3.05) is 10.6 Å². The van der Waals surface area contributed by atoms with Crippen LogP contribution >= 0.6 is 0 Å². The third kappa shape index (κ3) is 1.97. The van der Waals surface area contributed by atoms with Gasteiger partial charge >= 0.3 is 0 Å². The third-order valence-electron chi connectivity index (χ3n) is 3.70. The molecule has 1 unspecified atom stereocenters. The first kappa shape index (κ1) is 11.8. The molecule has 0 saturated heterocycles. The summed E-state index contributed by atoms with van der Waals surface area (Å²) in [5, 5.41) is 6.24. The Hall–Kier alpha value is -2.29. The van der Waals surface area contributed by atoms with Crippen molar-refractivity contribution in [3.05, 3.63) is 59.2 Å². The van der Waals surface area contributed by atoms with Crippen molar-refractivity contribution in [1.82, 2.24) is 0 Å². The van der Waals surface area contributed by atoms with Gasteiger partial charge in [-0.2, -0.15) is 0 Å². The van der Waals surface area contributed by atoms with Gasteiger partial charge in [0.25, 0.3) is 5.91 Å². The van der Waals surface area contributed by atoms with Gasteiger partial charge in [0.05, 0.1) is 0 Å². The van der Waals surface area contributed by atoms with Gasteiger partial charge in [0, 0.05) is 16.9 Å². The van der Waals surface area contributed by atoms with Crippen LogP contribution < -0.4 is 10.6 Å². The highest BCUT2D eigenvalue weighted by atomic mass is 16.2. The molecule has 1 amide bonds. The fourth-order valence-corrected chi connectivity index (χ4v) is 2.41. The number of hydrogen-bond acceptors (Lipinski definition) is 2. The summed E-state index contributed by atoms with van der Waals surface area (Å²) < 4.78 is 0. The fourth-order valence-electron chi connectivity index (χ4n) is 2.41. The van der Waals surface area contributed by atoms with E-state index in [1.165, 1.54) is 11.1 Å². The summed E-state index contributed by atoms with van der Waals surface area (Å²) in [7, 11) is 0. The molecule has 0 aliphatic carbocycles. The van der Waals surface area contributed by atoms with Gasteiger partial charge < -0.3 is 10.6 Å². The molecule has 19 heavy (non-hydrogen) atoms. The van der Waals surface area contributed by atoms with E-state index in [1.807, 2.05) is 36.4 Å². The Morgan fingerprint density at radius 1 is 1.05 bits per heavy atom. The molecule has 2 aromatic carbocycles. The first-order chi connectivity index (χ1) is 9.16. The number of fused-ring (bicyclic) bond motifs is 1. The first-order valence-corrected chi connectivity index (χ1v) is 6.39. The third-order valence-corrected chi connectivity index (χ3v) is 3.70. The van der Waals surface area contributed by atoms with Crippen LogP contribution in [0.5, 0.6) is 0 Å². The minimum atomic E-state index is -0.309. The second-order valence-electron chi connectivity index (χ2n) is 4.90. The molecule has 3 heteroatoms. The number of aryl methyl sites for hydroxylation is 1. The van der Waals surface area contributed by atoms with Crippen molar-refractivity contribution in [3.8, 4) is 0 Å². The zero-order valence-corrected chi connectivity index (χ0v) is 11.0. The Labute approximate surface area is 112 Å². The molecule has 1 aliphatic heterocycles. The van der Waals surface area contributed by atoms with E-state index in [0.717, 1.165) is 16.9 Å². The van der Waals surface area contributed by atoms with E-state index in [-0.39, 0.29) is 11.9 Å². The van der Waals surface area contributed by atoms with Crippen LogP contribution in [-0.4, -0.2) is 5.91 Å². The Bertz CT molecular complexity index is 649. The quantitative estimate of drug-likeness (QED) is 0.860. The maximum atomic E-state index is 12.1. The molecule has 1 heterocycles. The summed E-state index contributed by atoms with van der Waals surface area (Å²) in [5.41, 5.74) is 5.32. The number of carbonyl (C=O) groups excluding carboxylic acids is 1. The van der Waals surface area contributed by atoms with Crippen LogP contribution in [0.25, 0.3) is 0 Å². The number of carbonyl (C=O) groups is 1. The van der Waals surface area contributed by atoms with Gasteiger partial charge in [0.15, 0.2) is 0 Å². The van der Waals surface area contributed by atoms with Crippen LogP contribution in [0.4, 0.5) is 11.4 Å². The van der Waals surface area contributed by atoms with E-state index in [4.69, 9.17) is 0 Å². The van der Waals surface area contributed by atoms with Crippen LogP contribution in [0.1, 0.15) is 22.7 Å². The molecule has 0 radical (unpaired) electrons. The van der Waals surface area contributed by atoms with Crippen molar-refractivity contribution in [1.29, 1.82) is 0 Å². The summed E-state index contributed by atoms with van der Waals surface area (Å²) in [5.74, 6) is 0.00195. The zero-order valence-electron chi connectivity index (χ0n) is 11.0. The standard InChI is InChI=1S/C16H16N2O/c1-10-6-5-9-13(11(10)2)17-15-12-7-3-4-8-14(12)18-16(15)19/h3-9,15,17H,1-2H3,(H,18,19). The highest BCUT2D eigenvalue weighted by molar-refractivity contribution is 6.04. The summed E-state index contributed by atoms with van der Waals surface area (Å²) >= 11 is 0. The number of para-hydroxylation sites is 1. The molecule has 1 atom stereocenters. The molecule has 2 aromatic rings. The van der Waals surface area contributed by atoms with Gasteiger partial charge in [-0.1, -0.05) is 30.3 Å². The van der Waals surface area contributed by atoms with Crippen LogP contribution in [0, 0.1) is 13.8 Å². The highest BCUT2D eigenvalue weighted by Gasteiger charge is 2.30. The molecule has 0 saturated carbocycles. The van der Waals surface area contributed by atoms with Gasteiger partial charge in [-0.05, 0) is 37.1 Å². The largest absolute Gasteiger partial charge is 0.370 e. The summed E-state index contributed by atoms with van der Waals surface area (Å²) in [6.07, 6.45) is 0. The first-order valence-electron chi connectivity index (χ1n) is 6.39. The second kappa shape index (κ2) is 4.43. The lowest BCUT2D eigenvalue weighted by Crippen LogP contribution is -2.20. The highest BCUT2D eigenvalue weighted by Crippen LogP contribution is 2.33. The zero-order chi connectivity index (χ0) is 13.4. The second-order valence-corrected chi connectivity index (χ2v) is 4.90. The van der Waals surface area contributed by atoms with Gasteiger partial charge in [0.1, 0.15) is 6.04 Å². The number of rotatable bonds is 2. The topological polar surface area (TPSA) is 41.1 Å². The van der Waals surface area contributed by atoms with Crippen molar-refractivity contribution in [2.45, 2.75) is 19.9 Å². The van der Waals surface area contributed by atoms with Crippen LogP contribution in [0.3, 0.4) is 0 Å². The lowest BCUT2D eigenvalue weighted by molar-refractivity contribution is -0.116. The maximum Gasteiger partial charge on any atom is 0.251 e. The van der Waals surface area contributed by atoms with Crippen LogP contribution in [0.2, 0.25) is 0 Å². The maximum absolute atomic E-state index is 12.1. The van der Waals surface area contributed by atoms with Crippen LogP contribution in [-0.2, 0) is 4.79 Å². The van der Waals surface area contributed by atoms with Crippen LogP contribution in [0.15, 0.2) is 42.5 Å². The normalized spacial score (nSPS) is 16.9. The van der Waals surface area contributed by atoms with E-state index in [1.54, 1.807) is 0 Å². The van der Waals surface area contributed by atoms with Crippen molar-refractivity contribution >= 4 is 17.3 Å². The molecule has 0 aromatic heterocycles. The minimum Gasteiger partial charge on any atom is -0.370 e. The molecule has 0 fully saturated rings. The fraction of sp³-hybridized carbons (Fsp3) is 0.188. The number of benzene rings is 2. The van der Waals surface area contributed by atoms with Gasteiger partial charge in [0.2, 0.25) is 0 Å². The monoisotopic (exact) mass is 252 g/mol. The smallest absolute Gasteiger partial charge is 0.251 e. The summed E-state index contributed by atoms with van der Waals surface area (Å²) in [6.45, 7) is 4.14. The molecule has 1 aliphatic rings. The molecule has 0 bridgehead atoms. The van der Waals surface area contributed by atoms with Crippen molar-refractivity contribution < 1.29 is 4.79 Å². The van der Waals surface area contributed by atoms with Gasteiger partial charge in [-0.3, -0.25) is 4.79 Å². The van der Waals surface area contributed by atoms with E-state index in [9.17, 15) is 4.79 Å². The Morgan fingerprint density at radius 3 is 2.68 bits per heavy atom. The number of anilines is 2. The number of amides is 1. The van der Waals surface area contributed by atoms with Gasteiger partial charge in [-0.15, -0.1) is 0 Å². The van der Waals surface area contributed by atoms with Crippen molar-refractivity contribution in [2.24, 2.45) is 0 Å². The predicted octanol–water partition coefficient (Wildman–Crippen LogP) is 3.41. The lowest BCUT2D eigenvalue weighted by atomic mass is 10.0. The average Bonchev–Trinajstić information content (AvgIpc) is 2.72. The lowest BCUT2D eigenvalue weighted by Gasteiger charge is -2.16. The number of nitrogens with one attached hydrogen (secondary N) is 2. The van der Waals surface area contributed by atoms with E-state index >= 15 is 0 Å². The average molecular weight is 252 g/mol. The molecular weight excluding hydrogens is 236 g/mol. The van der Waals surface area contributed by atoms with Gasteiger partial charge in [-0.25, -0.2) is 0 Å². The molecule has 2 N–H and O–H groups in total. The van der Waals surface area contributed by atoms with Crippen molar-refractivity contribution in [3.63, 3.8) is 0 Å².